The van der Waals surface area contributed by atoms with Crippen molar-refractivity contribution in [3.63, 3.8) is 0 Å². The van der Waals surface area contributed by atoms with Gasteiger partial charge in [-0.25, -0.2) is 0 Å². The number of hydrogen-bond acceptors (Lipinski definition) is 4. The van der Waals surface area contributed by atoms with Crippen LogP contribution in [0.1, 0.15) is 37.3 Å². The van der Waals surface area contributed by atoms with Crippen LogP contribution in [0.15, 0.2) is 0 Å². The van der Waals surface area contributed by atoms with Gasteiger partial charge in [0.2, 0.25) is 0 Å². The van der Waals surface area contributed by atoms with Crippen LogP contribution in [0.3, 0.4) is 0 Å². The third-order valence-electron chi connectivity index (χ3n) is 3.89. The lowest BCUT2D eigenvalue weighted by Gasteiger charge is -2.25. The molecule has 0 amide bonds. The molecular weight excluding hydrogens is 228 g/mol. The molecule has 0 spiro atoms. The molecule has 1 aliphatic rings. The van der Waals surface area contributed by atoms with Crippen LogP contribution in [-0.4, -0.2) is 34.5 Å². The standard InChI is InChI=1S/C13H24N4O/c1-10-15-16-13(17(10)7-8-18-2)9-11-3-5-12(14)6-4-11/h11-12H,3-9,14H2,1-2H3. The van der Waals surface area contributed by atoms with Crippen molar-refractivity contribution in [1.29, 1.82) is 0 Å². The van der Waals surface area contributed by atoms with E-state index in [9.17, 15) is 0 Å². The number of nitrogens with two attached hydrogens (primary N) is 1. The topological polar surface area (TPSA) is 66.0 Å². The maximum Gasteiger partial charge on any atom is 0.133 e. The first kappa shape index (κ1) is 13.5. The third kappa shape index (κ3) is 3.29. The molecule has 0 aliphatic heterocycles. The van der Waals surface area contributed by atoms with Crippen molar-refractivity contribution in [3.05, 3.63) is 11.6 Å². The highest BCUT2D eigenvalue weighted by Gasteiger charge is 2.21. The SMILES string of the molecule is COCCn1c(C)nnc1CC1CCC(N)CC1. The lowest BCUT2D eigenvalue weighted by atomic mass is 9.84. The Morgan fingerprint density at radius 3 is 2.67 bits per heavy atom. The van der Waals surface area contributed by atoms with Crippen LogP contribution in [0.5, 0.6) is 0 Å². The Hall–Kier alpha value is -0.940. The highest BCUT2D eigenvalue weighted by molar-refractivity contribution is 4.96. The zero-order valence-corrected chi connectivity index (χ0v) is 11.4. The van der Waals surface area contributed by atoms with E-state index in [4.69, 9.17) is 10.5 Å². The van der Waals surface area contributed by atoms with Gasteiger partial charge in [-0.2, -0.15) is 0 Å². The number of ether oxygens (including phenoxy) is 1. The van der Waals surface area contributed by atoms with E-state index in [1.54, 1.807) is 7.11 Å². The molecule has 1 aromatic rings. The van der Waals surface area contributed by atoms with Crippen LogP contribution in [0.4, 0.5) is 0 Å². The number of hydrogen-bond donors (Lipinski definition) is 1. The molecule has 0 unspecified atom stereocenters. The number of aryl methyl sites for hydroxylation is 1. The van der Waals surface area contributed by atoms with E-state index in [1.165, 1.54) is 12.8 Å². The van der Waals surface area contributed by atoms with Crippen molar-refractivity contribution in [3.8, 4) is 0 Å². The number of nitrogens with zero attached hydrogens (tertiary/aromatic N) is 3. The lowest BCUT2D eigenvalue weighted by molar-refractivity contribution is 0.185. The number of aromatic nitrogens is 3. The molecule has 0 saturated heterocycles. The summed E-state index contributed by atoms with van der Waals surface area (Å²) in [6.07, 6.45) is 5.76. The molecule has 2 N–H and O–H groups in total. The van der Waals surface area contributed by atoms with Crippen molar-refractivity contribution in [2.24, 2.45) is 11.7 Å². The second-order valence-electron chi connectivity index (χ2n) is 5.29. The van der Waals surface area contributed by atoms with E-state index < -0.39 is 0 Å². The van der Waals surface area contributed by atoms with E-state index in [2.05, 4.69) is 14.8 Å². The largest absolute Gasteiger partial charge is 0.383 e. The summed E-state index contributed by atoms with van der Waals surface area (Å²) in [4.78, 5) is 0. The first-order valence-electron chi connectivity index (χ1n) is 6.84. The molecule has 5 nitrogen and oxygen atoms in total. The van der Waals surface area contributed by atoms with Gasteiger partial charge in [-0.1, -0.05) is 0 Å². The van der Waals surface area contributed by atoms with Gasteiger partial charge in [-0.05, 0) is 38.5 Å². The average Bonchev–Trinajstić information content (AvgIpc) is 2.71. The maximum atomic E-state index is 5.94. The van der Waals surface area contributed by atoms with Crippen molar-refractivity contribution in [1.82, 2.24) is 14.8 Å². The van der Waals surface area contributed by atoms with Crippen molar-refractivity contribution < 1.29 is 4.74 Å². The minimum Gasteiger partial charge on any atom is -0.383 e. The summed E-state index contributed by atoms with van der Waals surface area (Å²) in [6.45, 7) is 3.56. The maximum absolute atomic E-state index is 5.94. The summed E-state index contributed by atoms with van der Waals surface area (Å²) in [5.41, 5.74) is 5.94. The molecule has 1 saturated carbocycles. The Balaban J connectivity index is 1.96. The highest BCUT2D eigenvalue weighted by Crippen LogP contribution is 2.26. The number of rotatable bonds is 5. The van der Waals surface area contributed by atoms with Gasteiger partial charge in [0.1, 0.15) is 11.6 Å². The van der Waals surface area contributed by atoms with Gasteiger partial charge >= 0.3 is 0 Å². The Bertz CT molecular complexity index is 369. The second-order valence-corrected chi connectivity index (χ2v) is 5.29. The summed E-state index contributed by atoms with van der Waals surface area (Å²) in [5, 5.41) is 8.49. The minimum atomic E-state index is 0.411. The molecule has 0 bridgehead atoms. The fourth-order valence-corrected chi connectivity index (χ4v) is 2.70. The smallest absolute Gasteiger partial charge is 0.133 e. The normalized spacial score (nSPS) is 24.4. The van der Waals surface area contributed by atoms with Crippen molar-refractivity contribution in [2.75, 3.05) is 13.7 Å². The fourth-order valence-electron chi connectivity index (χ4n) is 2.70. The Morgan fingerprint density at radius 1 is 1.28 bits per heavy atom. The van der Waals surface area contributed by atoms with Crippen LogP contribution < -0.4 is 5.73 Å². The number of methoxy groups -OCH3 is 1. The van der Waals surface area contributed by atoms with E-state index in [-0.39, 0.29) is 0 Å². The van der Waals surface area contributed by atoms with E-state index in [1.807, 2.05) is 6.92 Å². The molecule has 0 aromatic carbocycles. The van der Waals surface area contributed by atoms with Crippen LogP contribution in [0.25, 0.3) is 0 Å². The second kappa shape index (κ2) is 6.29. The highest BCUT2D eigenvalue weighted by atomic mass is 16.5. The molecule has 1 fully saturated rings. The lowest BCUT2D eigenvalue weighted by Crippen LogP contribution is -2.27. The Morgan fingerprint density at radius 2 is 2.00 bits per heavy atom. The van der Waals surface area contributed by atoms with E-state index >= 15 is 0 Å². The molecule has 18 heavy (non-hydrogen) atoms. The molecule has 2 rings (SSSR count). The van der Waals surface area contributed by atoms with Gasteiger partial charge < -0.3 is 15.0 Å². The van der Waals surface area contributed by atoms with Gasteiger partial charge in [-0.3, -0.25) is 0 Å². The average molecular weight is 252 g/mol. The summed E-state index contributed by atoms with van der Waals surface area (Å²) in [7, 11) is 1.72. The van der Waals surface area contributed by atoms with Gasteiger partial charge in [0.05, 0.1) is 6.61 Å². The summed E-state index contributed by atoms with van der Waals surface area (Å²) in [6, 6.07) is 0.411. The molecule has 1 aromatic heterocycles. The van der Waals surface area contributed by atoms with Gasteiger partial charge in [-0.15, -0.1) is 10.2 Å². The van der Waals surface area contributed by atoms with Gasteiger partial charge in [0, 0.05) is 26.1 Å². The minimum absolute atomic E-state index is 0.411. The van der Waals surface area contributed by atoms with Crippen LogP contribution in [-0.2, 0) is 17.7 Å². The Kier molecular flexibility index (Phi) is 4.72. The Labute approximate surface area is 109 Å². The summed E-state index contributed by atoms with van der Waals surface area (Å²) >= 11 is 0. The van der Waals surface area contributed by atoms with E-state index in [0.717, 1.165) is 43.4 Å². The van der Waals surface area contributed by atoms with Crippen molar-refractivity contribution in [2.45, 2.75) is 51.6 Å². The zero-order chi connectivity index (χ0) is 13.0. The van der Waals surface area contributed by atoms with E-state index in [0.29, 0.717) is 12.6 Å². The molecular formula is C13H24N4O. The predicted octanol–water partition coefficient (Wildman–Crippen LogP) is 1.29. The first-order chi connectivity index (χ1) is 8.70. The fraction of sp³-hybridized carbons (Fsp3) is 0.846. The van der Waals surface area contributed by atoms with Crippen LogP contribution in [0, 0.1) is 12.8 Å². The molecule has 1 aliphatic carbocycles. The third-order valence-corrected chi connectivity index (χ3v) is 3.89. The van der Waals surface area contributed by atoms with Gasteiger partial charge in [0.15, 0.2) is 0 Å². The summed E-state index contributed by atoms with van der Waals surface area (Å²) < 4.78 is 7.31. The molecule has 5 heteroatoms. The van der Waals surface area contributed by atoms with Crippen LogP contribution in [0.2, 0.25) is 0 Å². The zero-order valence-electron chi connectivity index (χ0n) is 11.4. The molecule has 0 radical (unpaired) electrons. The monoisotopic (exact) mass is 252 g/mol. The molecule has 1 heterocycles. The van der Waals surface area contributed by atoms with Gasteiger partial charge in [0.25, 0.3) is 0 Å². The molecule has 0 atom stereocenters. The van der Waals surface area contributed by atoms with Crippen LogP contribution >= 0.6 is 0 Å². The predicted molar refractivity (Wildman–Crippen MR) is 70.3 cm³/mol. The molecule has 102 valence electrons. The van der Waals surface area contributed by atoms with Crippen molar-refractivity contribution >= 4 is 0 Å². The first-order valence-corrected chi connectivity index (χ1v) is 6.84. The summed E-state index contributed by atoms with van der Waals surface area (Å²) in [5.74, 6) is 2.80. The quantitative estimate of drug-likeness (QED) is 0.857.